The first-order chi connectivity index (χ1) is 14.6. The summed E-state index contributed by atoms with van der Waals surface area (Å²) in [4.78, 5) is 28.9. The highest BCUT2D eigenvalue weighted by molar-refractivity contribution is 5.75. The zero-order valence-electron chi connectivity index (χ0n) is 15.9. The molecule has 0 aliphatic heterocycles. The molecule has 0 atom stereocenters. The van der Waals surface area contributed by atoms with E-state index in [0.29, 0.717) is 18.7 Å². The number of hydrogen-bond acceptors (Lipinski definition) is 5. The van der Waals surface area contributed by atoms with Crippen molar-refractivity contribution in [3.63, 3.8) is 0 Å². The molecule has 2 aromatic heterocycles. The zero-order chi connectivity index (χ0) is 20.9. The van der Waals surface area contributed by atoms with E-state index in [0.717, 1.165) is 10.2 Å². The van der Waals surface area contributed by atoms with Gasteiger partial charge in [0.25, 0.3) is 5.88 Å². The summed E-state index contributed by atoms with van der Waals surface area (Å²) in [5.41, 5.74) is 0.773. The SMILES string of the molecule is O=C(Cn1nc2c(Oc3ccc(F)cc3)nccn2c1=O)NCCc1ccccc1. The summed E-state index contributed by atoms with van der Waals surface area (Å²) in [5, 5.41) is 6.96. The Labute approximate surface area is 170 Å². The normalized spacial score (nSPS) is 10.8. The van der Waals surface area contributed by atoms with Crippen molar-refractivity contribution in [1.82, 2.24) is 24.5 Å². The highest BCUT2D eigenvalue weighted by Gasteiger charge is 2.15. The lowest BCUT2D eigenvalue weighted by Crippen LogP contribution is -2.33. The van der Waals surface area contributed by atoms with Gasteiger partial charge in [0, 0.05) is 18.9 Å². The highest BCUT2D eigenvalue weighted by Crippen LogP contribution is 2.22. The van der Waals surface area contributed by atoms with Gasteiger partial charge in [-0.05, 0) is 36.2 Å². The highest BCUT2D eigenvalue weighted by atomic mass is 19.1. The zero-order valence-corrected chi connectivity index (χ0v) is 15.9. The Morgan fingerprint density at radius 2 is 1.87 bits per heavy atom. The Hall–Kier alpha value is -4.01. The van der Waals surface area contributed by atoms with E-state index >= 15 is 0 Å². The minimum atomic E-state index is -0.491. The first-order valence-corrected chi connectivity index (χ1v) is 9.28. The van der Waals surface area contributed by atoms with E-state index in [4.69, 9.17) is 4.74 Å². The Bertz CT molecular complexity index is 1220. The molecule has 30 heavy (non-hydrogen) atoms. The number of carbonyl (C=O) groups is 1. The summed E-state index contributed by atoms with van der Waals surface area (Å²) < 4.78 is 21.0. The molecular weight excluding hydrogens is 389 g/mol. The predicted molar refractivity (Wildman–Crippen MR) is 107 cm³/mol. The van der Waals surface area contributed by atoms with Crippen LogP contribution < -0.4 is 15.7 Å². The predicted octanol–water partition coefficient (Wildman–Crippen LogP) is 2.18. The second-order valence-electron chi connectivity index (χ2n) is 6.51. The van der Waals surface area contributed by atoms with Crippen LogP contribution in [0.25, 0.3) is 5.65 Å². The van der Waals surface area contributed by atoms with Gasteiger partial charge in [0.1, 0.15) is 18.1 Å². The van der Waals surface area contributed by atoms with E-state index < -0.39 is 11.5 Å². The van der Waals surface area contributed by atoms with Crippen molar-refractivity contribution in [1.29, 1.82) is 0 Å². The van der Waals surface area contributed by atoms with Crippen molar-refractivity contribution in [2.24, 2.45) is 0 Å². The van der Waals surface area contributed by atoms with E-state index in [9.17, 15) is 14.0 Å². The van der Waals surface area contributed by atoms with E-state index in [-0.39, 0.29) is 24.0 Å². The lowest BCUT2D eigenvalue weighted by Gasteiger charge is -2.05. The molecular formula is C21H18FN5O3. The van der Waals surface area contributed by atoms with Gasteiger partial charge in [0.15, 0.2) is 0 Å². The van der Waals surface area contributed by atoms with Gasteiger partial charge in [-0.1, -0.05) is 30.3 Å². The van der Waals surface area contributed by atoms with Gasteiger partial charge in [-0.2, -0.15) is 0 Å². The maximum Gasteiger partial charge on any atom is 0.351 e. The average molecular weight is 407 g/mol. The fourth-order valence-corrected chi connectivity index (χ4v) is 2.90. The van der Waals surface area contributed by atoms with Gasteiger partial charge in [-0.25, -0.2) is 23.3 Å². The van der Waals surface area contributed by atoms with E-state index in [2.05, 4.69) is 15.4 Å². The molecule has 4 aromatic rings. The topological polar surface area (TPSA) is 90.5 Å². The Kier molecular flexibility index (Phi) is 5.51. The van der Waals surface area contributed by atoms with Crippen molar-refractivity contribution in [2.45, 2.75) is 13.0 Å². The van der Waals surface area contributed by atoms with Crippen LogP contribution in [0.3, 0.4) is 0 Å². The number of nitrogens with zero attached hydrogens (tertiary/aromatic N) is 4. The van der Waals surface area contributed by atoms with E-state index in [1.54, 1.807) is 0 Å². The van der Waals surface area contributed by atoms with Crippen molar-refractivity contribution in [2.75, 3.05) is 6.54 Å². The van der Waals surface area contributed by atoms with Crippen LogP contribution in [0.4, 0.5) is 4.39 Å². The van der Waals surface area contributed by atoms with Gasteiger partial charge in [0.2, 0.25) is 11.6 Å². The molecule has 0 aliphatic carbocycles. The molecule has 0 aliphatic rings. The van der Waals surface area contributed by atoms with Crippen LogP contribution in [0.15, 0.2) is 71.8 Å². The first-order valence-electron chi connectivity index (χ1n) is 9.28. The maximum absolute atomic E-state index is 13.1. The first kappa shape index (κ1) is 19.3. The number of benzene rings is 2. The molecule has 2 aromatic carbocycles. The minimum absolute atomic E-state index is 0.0736. The molecule has 0 bridgehead atoms. The van der Waals surface area contributed by atoms with Crippen molar-refractivity contribution < 1.29 is 13.9 Å². The number of nitrogens with one attached hydrogen (secondary N) is 1. The summed E-state index contributed by atoms with van der Waals surface area (Å²) in [5.74, 6) is -0.306. The third-order valence-corrected chi connectivity index (χ3v) is 4.37. The van der Waals surface area contributed by atoms with Crippen molar-refractivity contribution >= 4 is 11.6 Å². The average Bonchev–Trinajstić information content (AvgIpc) is 3.07. The van der Waals surface area contributed by atoms with Crippen LogP contribution in [0.1, 0.15) is 5.56 Å². The molecule has 4 rings (SSSR count). The number of fused-ring (bicyclic) bond motifs is 1. The summed E-state index contributed by atoms with van der Waals surface area (Å²) >= 11 is 0. The quantitative estimate of drug-likeness (QED) is 0.507. The number of carbonyl (C=O) groups excluding carboxylic acids is 1. The smallest absolute Gasteiger partial charge is 0.351 e. The number of amides is 1. The monoisotopic (exact) mass is 407 g/mol. The van der Waals surface area contributed by atoms with Crippen molar-refractivity contribution in [3.8, 4) is 11.6 Å². The molecule has 1 N–H and O–H groups in total. The van der Waals surface area contributed by atoms with Gasteiger partial charge < -0.3 is 10.1 Å². The standard InChI is InChI=1S/C21H18FN5O3/c22-16-6-8-17(9-7-16)30-20-19-25-27(21(29)26(19)13-12-24-20)14-18(28)23-11-10-15-4-2-1-3-5-15/h1-9,12-13H,10-11,14H2,(H,23,28). The van der Waals surface area contributed by atoms with Gasteiger partial charge >= 0.3 is 5.69 Å². The van der Waals surface area contributed by atoms with E-state index in [1.165, 1.54) is 41.1 Å². The number of aromatic nitrogens is 4. The number of ether oxygens (including phenoxy) is 1. The van der Waals surface area contributed by atoms with Gasteiger partial charge in [-0.15, -0.1) is 5.10 Å². The van der Waals surface area contributed by atoms with Crippen LogP contribution in [0.2, 0.25) is 0 Å². The summed E-state index contributed by atoms with van der Waals surface area (Å²) in [6, 6.07) is 15.1. The fraction of sp³-hybridized carbons (Fsp3) is 0.143. The van der Waals surface area contributed by atoms with Crippen LogP contribution in [0, 0.1) is 5.82 Å². The third kappa shape index (κ3) is 4.35. The van der Waals surface area contributed by atoms with Gasteiger partial charge in [0.05, 0.1) is 0 Å². The molecule has 1 amide bonds. The maximum atomic E-state index is 13.1. The number of hydrogen-bond donors (Lipinski definition) is 1. The minimum Gasteiger partial charge on any atom is -0.436 e. The van der Waals surface area contributed by atoms with Crippen LogP contribution in [-0.2, 0) is 17.8 Å². The third-order valence-electron chi connectivity index (χ3n) is 4.37. The molecule has 152 valence electrons. The van der Waals surface area contributed by atoms with Crippen LogP contribution in [0.5, 0.6) is 11.6 Å². The summed E-state index contributed by atoms with van der Waals surface area (Å²) in [7, 11) is 0. The number of halogens is 1. The molecule has 0 spiro atoms. The van der Waals surface area contributed by atoms with E-state index in [1.807, 2.05) is 30.3 Å². The second kappa shape index (κ2) is 8.56. The lowest BCUT2D eigenvalue weighted by molar-refractivity contribution is -0.121. The summed E-state index contributed by atoms with van der Waals surface area (Å²) in [6.45, 7) is 0.219. The Balaban J connectivity index is 1.46. The lowest BCUT2D eigenvalue weighted by atomic mass is 10.1. The molecule has 8 nitrogen and oxygen atoms in total. The summed E-state index contributed by atoms with van der Waals surface area (Å²) in [6.07, 6.45) is 3.51. The van der Waals surface area contributed by atoms with Crippen molar-refractivity contribution in [3.05, 3.63) is 88.9 Å². The Morgan fingerprint density at radius 1 is 1.10 bits per heavy atom. The second-order valence-corrected chi connectivity index (χ2v) is 6.51. The molecule has 0 unspecified atom stereocenters. The molecule has 0 fully saturated rings. The molecule has 9 heteroatoms. The van der Waals surface area contributed by atoms with Crippen LogP contribution >= 0.6 is 0 Å². The number of rotatable bonds is 7. The van der Waals surface area contributed by atoms with Gasteiger partial charge in [-0.3, -0.25) is 4.79 Å². The Morgan fingerprint density at radius 3 is 2.63 bits per heavy atom. The fourth-order valence-electron chi connectivity index (χ4n) is 2.90. The molecule has 2 heterocycles. The molecule has 0 saturated carbocycles. The molecule has 0 saturated heterocycles. The molecule has 0 radical (unpaired) electrons. The largest absolute Gasteiger partial charge is 0.436 e. The van der Waals surface area contributed by atoms with Crippen LogP contribution in [-0.4, -0.2) is 31.6 Å².